The number of carbonyl (C=O) groups is 3. The van der Waals surface area contributed by atoms with Gasteiger partial charge in [0.1, 0.15) is 11.5 Å². The second kappa shape index (κ2) is 12.4. The van der Waals surface area contributed by atoms with Crippen LogP contribution in [-0.4, -0.2) is 22.9 Å². The van der Waals surface area contributed by atoms with Crippen LogP contribution in [0.4, 0.5) is 11.4 Å². The van der Waals surface area contributed by atoms with Crippen molar-refractivity contribution in [2.45, 2.75) is 20.8 Å². The zero-order valence-corrected chi connectivity index (χ0v) is 24.0. The number of benzene rings is 5. The molecule has 0 aliphatic heterocycles. The van der Waals surface area contributed by atoms with Crippen LogP contribution in [-0.2, 0) is 0 Å². The van der Waals surface area contributed by atoms with Crippen LogP contribution < -0.4 is 15.4 Å². The number of aryl methyl sites for hydroxylation is 3. The number of aromatic hydroxyl groups is 1. The first-order valence-electron chi connectivity index (χ1n) is 13.7. The van der Waals surface area contributed by atoms with Gasteiger partial charge < -0.3 is 20.5 Å². The molecule has 0 saturated heterocycles. The van der Waals surface area contributed by atoms with Gasteiger partial charge in [-0.15, -0.1) is 0 Å². The monoisotopic (exact) mass is 570 g/mol. The number of phenols is 1. The summed E-state index contributed by atoms with van der Waals surface area (Å²) < 4.78 is 5.47. The molecule has 5 aromatic carbocycles. The average molecular weight is 571 g/mol. The molecule has 0 aliphatic rings. The second-order valence-electron chi connectivity index (χ2n) is 10.3. The molecule has 3 N–H and O–H groups in total. The van der Waals surface area contributed by atoms with Crippen molar-refractivity contribution < 1.29 is 24.2 Å². The Morgan fingerprint density at radius 3 is 1.86 bits per heavy atom. The van der Waals surface area contributed by atoms with E-state index in [-0.39, 0.29) is 17.6 Å². The Hall–Kier alpha value is -5.69. The first kappa shape index (κ1) is 28.8. The van der Waals surface area contributed by atoms with E-state index in [2.05, 4.69) is 10.6 Å². The van der Waals surface area contributed by atoms with Gasteiger partial charge in [0.05, 0.1) is 5.56 Å². The quantitative estimate of drug-likeness (QED) is 0.137. The summed E-state index contributed by atoms with van der Waals surface area (Å²) in [5.74, 6) is -0.495. The minimum Gasteiger partial charge on any atom is -0.508 e. The van der Waals surface area contributed by atoms with E-state index in [9.17, 15) is 19.5 Å². The molecule has 0 atom stereocenters. The molecule has 0 unspecified atom stereocenters. The van der Waals surface area contributed by atoms with Gasteiger partial charge in [-0.1, -0.05) is 48.0 Å². The fraction of sp³-hybridized carbons (Fsp3) is 0.0833. The Kier molecular flexibility index (Phi) is 8.34. The van der Waals surface area contributed by atoms with Crippen LogP contribution in [0.1, 0.15) is 47.8 Å². The van der Waals surface area contributed by atoms with Gasteiger partial charge in [0.25, 0.3) is 11.8 Å². The lowest BCUT2D eigenvalue weighted by Gasteiger charge is -2.13. The van der Waals surface area contributed by atoms with Gasteiger partial charge in [-0.2, -0.15) is 0 Å². The van der Waals surface area contributed by atoms with Crippen molar-refractivity contribution in [3.05, 3.63) is 143 Å². The SMILES string of the molecule is Cc1ccc(OC(=O)c2ccc(C(=O)Nc3ccc(C)c(NC(=O)c4ccc(-c5ccc(O)cc5)cc4)c3)cc2C)cc1. The van der Waals surface area contributed by atoms with Crippen LogP contribution in [0.25, 0.3) is 11.1 Å². The zero-order valence-electron chi connectivity index (χ0n) is 24.0. The fourth-order valence-electron chi connectivity index (χ4n) is 4.50. The Morgan fingerprint density at radius 2 is 1.21 bits per heavy atom. The maximum absolute atomic E-state index is 13.0. The van der Waals surface area contributed by atoms with Crippen LogP contribution in [0.3, 0.4) is 0 Å². The molecule has 0 bridgehead atoms. The van der Waals surface area contributed by atoms with Crippen molar-refractivity contribution >= 4 is 29.2 Å². The van der Waals surface area contributed by atoms with Crippen molar-refractivity contribution in [2.75, 3.05) is 10.6 Å². The van der Waals surface area contributed by atoms with Crippen LogP contribution >= 0.6 is 0 Å². The lowest BCUT2D eigenvalue weighted by molar-refractivity contribution is 0.0733. The smallest absolute Gasteiger partial charge is 0.343 e. The van der Waals surface area contributed by atoms with Crippen molar-refractivity contribution in [3.8, 4) is 22.6 Å². The standard InChI is InChI=1S/C36H30N2O5/c1-22-4-17-31(18-5-22)43-36(42)32-19-13-28(20-24(32)3)35(41)37-29-14-6-23(2)33(21-29)38-34(40)27-9-7-25(8-10-27)26-11-15-30(39)16-12-26/h4-21,39H,1-3H3,(H,37,41)(H,38,40). The summed E-state index contributed by atoms with van der Waals surface area (Å²) in [5, 5.41) is 15.3. The number of nitrogens with one attached hydrogen (secondary N) is 2. The summed E-state index contributed by atoms with van der Waals surface area (Å²) in [5.41, 5.74) is 6.65. The number of esters is 1. The minimum absolute atomic E-state index is 0.192. The summed E-state index contributed by atoms with van der Waals surface area (Å²) in [6.45, 7) is 5.57. The van der Waals surface area contributed by atoms with Crippen LogP contribution in [0.2, 0.25) is 0 Å². The first-order valence-corrected chi connectivity index (χ1v) is 13.7. The number of phenolic OH excluding ortho intramolecular Hbond substituents is 1. The molecule has 7 heteroatoms. The minimum atomic E-state index is -0.498. The molecule has 5 rings (SSSR count). The molecule has 0 aromatic heterocycles. The summed E-state index contributed by atoms with van der Waals surface area (Å²) in [7, 11) is 0. The second-order valence-corrected chi connectivity index (χ2v) is 10.3. The fourth-order valence-corrected chi connectivity index (χ4v) is 4.50. The Morgan fingerprint density at radius 1 is 0.605 bits per heavy atom. The Labute approximate surface area is 249 Å². The number of carbonyl (C=O) groups excluding carboxylic acids is 3. The number of anilines is 2. The van der Waals surface area contributed by atoms with E-state index in [0.717, 1.165) is 22.3 Å². The molecule has 43 heavy (non-hydrogen) atoms. The molecule has 0 heterocycles. The topological polar surface area (TPSA) is 105 Å². The van der Waals surface area contributed by atoms with E-state index in [4.69, 9.17) is 4.74 Å². The van der Waals surface area contributed by atoms with Crippen LogP contribution in [0.5, 0.6) is 11.5 Å². The van der Waals surface area contributed by atoms with E-state index >= 15 is 0 Å². The van der Waals surface area contributed by atoms with Gasteiger partial charge in [0, 0.05) is 22.5 Å². The number of hydrogen-bond acceptors (Lipinski definition) is 5. The summed E-state index contributed by atoms with van der Waals surface area (Å²) >= 11 is 0. The molecule has 0 aliphatic carbocycles. The molecular weight excluding hydrogens is 540 g/mol. The van der Waals surface area contributed by atoms with Crippen molar-refractivity contribution in [1.29, 1.82) is 0 Å². The van der Waals surface area contributed by atoms with E-state index in [1.165, 1.54) is 0 Å². The molecule has 7 nitrogen and oxygen atoms in total. The number of rotatable bonds is 7. The van der Waals surface area contributed by atoms with Gasteiger partial charge in [0.15, 0.2) is 0 Å². The summed E-state index contributed by atoms with van der Waals surface area (Å²) in [6, 6.07) is 31.3. The number of hydrogen-bond donors (Lipinski definition) is 3. The van der Waals surface area contributed by atoms with Gasteiger partial charge in [0.2, 0.25) is 0 Å². The highest BCUT2D eigenvalue weighted by molar-refractivity contribution is 6.07. The normalized spacial score (nSPS) is 10.6. The van der Waals surface area contributed by atoms with E-state index < -0.39 is 5.97 Å². The molecular formula is C36H30N2O5. The van der Waals surface area contributed by atoms with Gasteiger partial charge in [-0.25, -0.2) is 4.79 Å². The predicted octanol–water partition coefficient (Wildman–Crippen LogP) is 7.71. The Balaban J connectivity index is 1.24. The summed E-state index contributed by atoms with van der Waals surface area (Å²) in [6.07, 6.45) is 0. The predicted molar refractivity (Wildman–Crippen MR) is 168 cm³/mol. The third-order valence-electron chi connectivity index (χ3n) is 7.03. The zero-order chi connectivity index (χ0) is 30.5. The maximum atomic E-state index is 13.0. The van der Waals surface area contributed by atoms with Crippen molar-refractivity contribution in [1.82, 2.24) is 0 Å². The van der Waals surface area contributed by atoms with Gasteiger partial charge >= 0.3 is 5.97 Å². The van der Waals surface area contributed by atoms with Gasteiger partial charge in [-0.3, -0.25) is 9.59 Å². The van der Waals surface area contributed by atoms with Crippen LogP contribution in [0.15, 0.2) is 109 Å². The Bertz CT molecular complexity index is 1810. The molecule has 0 fully saturated rings. The molecule has 0 radical (unpaired) electrons. The lowest BCUT2D eigenvalue weighted by atomic mass is 10.0. The molecule has 214 valence electrons. The van der Waals surface area contributed by atoms with Crippen molar-refractivity contribution in [2.24, 2.45) is 0 Å². The van der Waals surface area contributed by atoms with E-state index in [1.807, 2.05) is 56.3 Å². The number of amides is 2. The molecule has 5 aromatic rings. The largest absolute Gasteiger partial charge is 0.508 e. The first-order chi connectivity index (χ1) is 20.7. The molecule has 0 saturated carbocycles. The molecule has 0 spiro atoms. The van der Waals surface area contributed by atoms with Crippen LogP contribution in [0, 0.1) is 20.8 Å². The van der Waals surface area contributed by atoms with Gasteiger partial charge in [-0.05, 0) is 110 Å². The highest BCUT2D eigenvalue weighted by Crippen LogP contribution is 2.25. The summed E-state index contributed by atoms with van der Waals surface area (Å²) in [4.78, 5) is 38.7. The average Bonchev–Trinajstić information content (AvgIpc) is 3.00. The lowest BCUT2D eigenvalue weighted by Crippen LogP contribution is -2.16. The third-order valence-corrected chi connectivity index (χ3v) is 7.03. The highest BCUT2D eigenvalue weighted by Gasteiger charge is 2.16. The highest BCUT2D eigenvalue weighted by atomic mass is 16.5. The maximum Gasteiger partial charge on any atom is 0.343 e. The number of ether oxygens (including phenoxy) is 1. The van der Waals surface area contributed by atoms with E-state index in [1.54, 1.807) is 73.7 Å². The van der Waals surface area contributed by atoms with Crippen molar-refractivity contribution in [3.63, 3.8) is 0 Å². The third kappa shape index (κ3) is 6.97. The molecule has 2 amide bonds. The van der Waals surface area contributed by atoms with E-state index in [0.29, 0.717) is 39.4 Å².